The number of halogens is 1. The fourth-order valence-electron chi connectivity index (χ4n) is 0.872. The van der Waals surface area contributed by atoms with Crippen molar-refractivity contribution in [3.8, 4) is 0 Å². The molecule has 0 unspecified atom stereocenters. The predicted molar refractivity (Wildman–Crippen MR) is 76.5 cm³/mol. The van der Waals surface area contributed by atoms with Gasteiger partial charge in [0.05, 0.1) is 6.34 Å². The van der Waals surface area contributed by atoms with E-state index < -0.39 is 0 Å². The molecule has 0 bridgehead atoms. The predicted octanol–water partition coefficient (Wildman–Crippen LogP) is 1.68. The molecule has 1 aromatic rings. The molecule has 92 valence electrons. The first-order valence-electron chi connectivity index (χ1n) is 4.52. The monoisotopic (exact) mass is 366 g/mol. The maximum Gasteiger partial charge on any atom is 0.246 e. The van der Waals surface area contributed by atoms with Gasteiger partial charge in [0.1, 0.15) is 12.8 Å². The van der Waals surface area contributed by atoms with Crippen LogP contribution in [0, 0.1) is 0 Å². The number of aromatic nitrogens is 1. The third kappa shape index (κ3) is 4.38. The van der Waals surface area contributed by atoms with Crippen LogP contribution in [0.2, 0.25) is 0 Å². The lowest BCUT2D eigenvalue weighted by atomic mass is 10.3. The van der Waals surface area contributed by atoms with Crippen LogP contribution in [0.25, 0.3) is 0 Å². The van der Waals surface area contributed by atoms with Gasteiger partial charge in [-0.1, -0.05) is 5.16 Å². The molecule has 0 aromatic carbocycles. The summed E-state index contributed by atoms with van der Waals surface area (Å²) in [5.74, 6) is 0. The largest absolute Gasteiger partial charge is 0.398 e. The van der Waals surface area contributed by atoms with E-state index >= 15 is 0 Å². The normalized spacial score (nSPS) is 11.9. The van der Waals surface area contributed by atoms with E-state index in [9.17, 15) is 4.79 Å². The second-order valence-corrected chi connectivity index (χ2v) is 4.94. The quantitative estimate of drug-likeness (QED) is 0.262. The van der Waals surface area contributed by atoms with Gasteiger partial charge < -0.3 is 9.74 Å². The van der Waals surface area contributed by atoms with Crippen molar-refractivity contribution in [1.29, 1.82) is 0 Å². The second kappa shape index (κ2) is 6.64. The second-order valence-electron chi connectivity index (χ2n) is 3.12. The van der Waals surface area contributed by atoms with Crippen LogP contribution in [-0.4, -0.2) is 46.9 Å². The summed E-state index contributed by atoms with van der Waals surface area (Å²) in [6, 6.07) is 0. The molecule has 0 aliphatic rings. The SMILES string of the molecule is CO/N=C(\C(=O)I)c1csc(N=CN(C)C)n1. The summed E-state index contributed by atoms with van der Waals surface area (Å²) in [6.07, 6.45) is 1.64. The van der Waals surface area contributed by atoms with Crippen molar-refractivity contribution in [2.24, 2.45) is 10.1 Å². The van der Waals surface area contributed by atoms with Gasteiger partial charge in [-0.25, -0.2) is 9.98 Å². The van der Waals surface area contributed by atoms with E-state index in [1.165, 1.54) is 18.4 Å². The highest BCUT2D eigenvalue weighted by atomic mass is 127. The molecular formula is C9H11IN4O2S. The molecule has 0 atom stereocenters. The Labute approximate surface area is 117 Å². The Bertz CT molecular complexity index is 456. The molecule has 8 heteroatoms. The third-order valence-corrected chi connectivity index (χ3v) is 2.76. The molecule has 0 saturated carbocycles. The summed E-state index contributed by atoms with van der Waals surface area (Å²) in [5.41, 5.74) is 0.665. The first-order chi connectivity index (χ1) is 8.04. The minimum absolute atomic E-state index is 0.190. The highest BCUT2D eigenvalue weighted by Gasteiger charge is 2.15. The number of aliphatic imine (C=N–C) groups is 1. The highest BCUT2D eigenvalue weighted by molar-refractivity contribution is 14.1. The zero-order chi connectivity index (χ0) is 12.8. The van der Waals surface area contributed by atoms with Crippen molar-refractivity contribution in [1.82, 2.24) is 9.88 Å². The number of carbonyl (C=O) groups excluding carboxylic acids is 1. The number of hydrogen-bond donors (Lipinski definition) is 0. The van der Waals surface area contributed by atoms with Gasteiger partial charge in [-0.05, 0) is 0 Å². The molecule has 0 radical (unpaired) electrons. The Kier molecular flexibility index (Phi) is 5.48. The molecule has 0 saturated heterocycles. The first-order valence-corrected chi connectivity index (χ1v) is 6.48. The van der Waals surface area contributed by atoms with Crippen LogP contribution >= 0.6 is 33.9 Å². The molecule has 6 nitrogen and oxygen atoms in total. The molecule has 0 aliphatic carbocycles. The fourth-order valence-corrected chi connectivity index (χ4v) is 1.89. The standard InChI is InChI=1S/C9H11IN4O2S/c1-14(2)5-11-9-12-6(4-17-9)7(8(10)15)13-16-3/h4-5H,1-3H3/b11-5?,13-7-. The first kappa shape index (κ1) is 14.0. The van der Waals surface area contributed by atoms with Crippen LogP contribution in [0.1, 0.15) is 5.69 Å². The number of hydrogen-bond acceptors (Lipinski definition) is 6. The van der Waals surface area contributed by atoms with Crippen molar-refractivity contribution < 1.29 is 9.63 Å². The summed E-state index contributed by atoms with van der Waals surface area (Å²) in [6.45, 7) is 0. The average molecular weight is 366 g/mol. The van der Waals surface area contributed by atoms with Crippen LogP contribution < -0.4 is 0 Å². The van der Waals surface area contributed by atoms with Gasteiger partial charge in [0.25, 0.3) is 0 Å². The van der Waals surface area contributed by atoms with E-state index in [-0.39, 0.29) is 9.50 Å². The van der Waals surface area contributed by atoms with Crippen LogP contribution in [0.5, 0.6) is 0 Å². The van der Waals surface area contributed by atoms with E-state index in [2.05, 4.69) is 20.0 Å². The van der Waals surface area contributed by atoms with E-state index in [0.717, 1.165) is 0 Å². The number of carbonyl (C=O) groups is 1. The van der Waals surface area contributed by atoms with Crippen molar-refractivity contribution >= 4 is 54.9 Å². The summed E-state index contributed by atoms with van der Waals surface area (Å²) in [4.78, 5) is 26.0. The molecule has 1 rings (SSSR count). The van der Waals surface area contributed by atoms with Gasteiger partial charge in [-0.15, -0.1) is 11.3 Å². The maximum atomic E-state index is 11.3. The summed E-state index contributed by atoms with van der Waals surface area (Å²) in [5, 5.41) is 5.93. The Balaban J connectivity index is 2.93. The van der Waals surface area contributed by atoms with E-state index in [1.54, 1.807) is 39.2 Å². The maximum absolute atomic E-state index is 11.3. The van der Waals surface area contributed by atoms with Crippen LogP contribution in [0.3, 0.4) is 0 Å². The van der Waals surface area contributed by atoms with Gasteiger partial charge in [-0.2, -0.15) is 0 Å². The molecule has 0 N–H and O–H groups in total. The molecule has 0 aliphatic heterocycles. The molecule has 17 heavy (non-hydrogen) atoms. The van der Waals surface area contributed by atoms with Crippen molar-refractivity contribution in [2.75, 3.05) is 21.2 Å². The minimum Gasteiger partial charge on any atom is -0.398 e. The molecule has 0 amide bonds. The third-order valence-electron chi connectivity index (χ3n) is 1.50. The topological polar surface area (TPSA) is 67.2 Å². The van der Waals surface area contributed by atoms with Gasteiger partial charge in [0.15, 0.2) is 5.71 Å². The average Bonchev–Trinajstić information content (AvgIpc) is 2.71. The summed E-state index contributed by atoms with van der Waals surface area (Å²) < 4.78 is -0.224. The van der Waals surface area contributed by atoms with Gasteiger partial charge in [0.2, 0.25) is 8.92 Å². The molecule has 1 heterocycles. The van der Waals surface area contributed by atoms with E-state index in [1.807, 2.05) is 14.1 Å². The summed E-state index contributed by atoms with van der Waals surface area (Å²) >= 11 is 2.98. The molecule has 1 aromatic heterocycles. The van der Waals surface area contributed by atoms with Crippen molar-refractivity contribution in [2.45, 2.75) is 0 Å². The van der Waals surface area contributed by atoms with Crippen LogP contribution in [0.15, 0.2) is 15.5 Å². The van der Waals surface area contributed by atoms with E-state index in [0.29, 0.717) is 10.8 Å². The zero-order valence-electron chi connectivity index (χ0n) is 9.55. The Morgan fingerprint density at radius 3 is 2.88 bits per heavy atom. The Morgan fingerprint density at radius 2 is 2.35 bits per heavy atom. The van der Waals surface area contributed by atoms with Crippen LogP contribution in [-0.2, 0) is 9.63 Å². The molecular weight excluding hydrogens is 355 g/mol. The lowest BCUT2D eigenvalue weighted by molar-refractivity contribution is -0.104. The van der Waals surface area contributed by atoms with Gasteiger partial charge >= 0.3 is 0 Å². The number of nitrogens with zero attached hydrogens (tertiary/aromatic N) is 4. The Hall–Kier alpha value is -1.03. The number of rotatable bonds is 5. The molecule has 0 fully saturated rings. The fraction of sp³-hybridized carbons (Fsp3) is 0.333. The van der Waals surface area contributed by atoms with Crippen molar-refractivity contribution in [3.05, 3.63) is 11.1 Å². The van der Waals surface area contributed by atoms with E-state index in [4.69, 9.17) is 0 Å². The molecule has 0 spiro atoms. The van der Waals surface area contributed by atoms with Gasteiger partial charge in [0, 0.05) is 42.1 Å². The van der Waals surface area contributed by atoms with Gasteiger partial charge in [-0.3, -0.25) is 4.79 Å². The number of oxime groups is 1. The smallest absolute Gasteiger partial charge is 0.246 e. The minimum atomic E-state index is -0.224. The lowest BCUT2D eigenvalue weighted by Gasteiger charge is -1.99. The summed E-state index contributed by atoms with van der Waals surface area (Å²) in [7, 11) is 5.12. The van der Waals surface area contributed by atoms with Crippen molar-refractivity contribution in [3.63, 3.8) is 0 Å². The van der Waals surface area contributed by atoms with Crippen LogP contribution in [0.4, 0.5) is 5.13 Å². The Morgan fingerprint density at radius 1 is 1.65 bits per heavy atom. The number of thiazole rings is 1. The lowest BCUT2D eigenvalue weighted by Crippen LogP contribution is -2.09. The zero-order valence-corrected chi connectivity index (χ0v) is 12.5. The highest BCUT2D eigenvalue weighted by Crippen LogP contribution is 2.19.